The van der Waals surface area contributed by atoms with Crippen LogP contribution in [0, 0.1) is 12.3 Å². The Morgan fingerprint density at radius 3 is 2.82 bits per heavy atom. The molecule has 2 rings (SSSR count). The van der Waals surface area contributed by atoms with Gasteiger partial charge in [-0.25, -0.2) is 4.98 Å². The van der Waals surface area contributed by atoms with Crippen LogP contribution in [0.15, 0.2) is 36.5 Å². The number of rotatable bonds is 3. The average Bonchev–Trinajstić information content (AvgIpc) is 2.86. The second-order valence-corrected chi connectivity index (χ2v) is 3.46. The second-order valence-electron chi connectivity index (χ2n) is 3.46. The molecule has 0 saturated heterocycles. The SMILES string of the molecule is C#Cc1ncc(C(=O)NCc2ccccc2)[nH]1. The van der Waals surface area contributed by atoms with E-state index in [0.29, 0.717) is 18.1 Å². The van der Waals surface area contributed by atoms with Gasteiger partial charge in [0.2, 0.25) is 0 Å². The number of amides is 1. The van der Waals surface area contributed by atoms with Crippen molar-refractivity contribution in [2.24, 2.45) is 0 Å². The number of carbonyl (C=O) groups is 1. The zero-order valence-corrected chi connectivity index (χ0v) is 9.10. The molecule has 0 bridgehead atoms. The predicted molar refractivity (Wildman–Crippen MR) is 64.1 cm³/mol. The van der Waals surface area contributed by atoms with Crippen LogP contribution in [0.1, 0.15) is 21.9 Å². The Kier molecular flexibility index (Phi) is 3.22. The van der Waals surface area contributed by atoms with Gasteiger partial charge in [-0.15, -0.1) is 6.42 Å². The van der Waals surface area contributed by atoms with E-state index in [9.17, 15) is 4.79 Å². The second kappa shape index (κ2) is 4.99. The number of hydrogen-bond acceptors (Lipinski definition) is 2. The Balaban J connectivity index is 1.96. The molecule has 4 nitrogen and oxygen atoms in total. The number of benzene rings is 1. The molecular formula is C13H11N3O. The monoisotopic (exact) mass is 225 g/mol. The van der Waals surface area contributed by atoms with E-state index in [1.54, 1.807) is 0 Å². The minimum Gasteiger partial charge on any atom is -0.347 e. The maximum Gasteiger partial charge on any atom is 0.269 e. The maximum absolute atomic E-state index is 11.7. The highest BCUT2D eigenvalue weighted by Gasteiger charge is 2.07. The van der Waals surface area contributed by atoms with Crippen LogP contribution in [0.4, 0.5) is 0 Å². The van der Waals surface area contributed by atoms with E-state index in [4.69, 9.17) is 6.42 Å². The molecular weight excluding hydrogens is 214 g/mol. The van der Waals surface area contributed by atoms with Crippen LogP contribution < -0.4 is 5.32 Å². The van der Waals surface area contributed by atoms with E-state index in [-0.39, 0.29) is 5.91 Å². The lowest BCUT2D eigenvalue weighted by Gasteiger charge is -2.02. The molecule has 17 heavy (non-hydrogen) atoms. The van der Waals surface area contributed by atoms with Gasteiger partial charge in [-0.1, -0.05) is 30.3 Å². The van der Waals surface area contributed by atoms with E-state index in [0.717, 1.165) is 5.56 Å². The number of imidazole rings is 1. The highest BCUT2D eigenvalue weighted by atomic mass is 16.1. The quantitative estimate of drug-likeness (QED) is 0.774. The van der Waals surface area contributed by atoms with Crippen LogP contribution in [-0.2, 0) is 6.54 Å². The molecule has 0 unspecified atom stereocenters. The molecule has 0 atom stereocenters. The summed E-state index contributed by atoms with van der Waals surface area (Å²) in [7, 11) is 0. The summed E-state index contributed by atoms with van der Waals surface area (Å²) in [6.07, 6.45) is 6.58. The standard InChI is InChI=1S/C13H11N3O/c1-2-12-14-9-11(16-12)13(17)15-8-10-6-4-3-5-7-10/h1,3-7,9H,8H2,(H,14,16)(H,15,17). The van der Waals surface area contributed by atoms with Gasteiger partial charge in [0.25, 0.3) is 5.91 Å². The lowest BCUT2D eigenvalue weighted by Crippen LogP contribution is -2.23. The van der Waals surface area contributed by atoms with Crippen molar-refractivity contribution in [1.82, 2.24) is 15.3 Å². The Morgan fingerprint density at radius 2 is 2.18 bits per heavy atom. The number of aromatic nitrogens is 2. The Hall–Kier alpha value is -2.54. The predicted octanol–water partition coefficient (Wildman–Crippen LogP) is 1.32. The first-order chi connectivity index (χ1) is 8.29. The molecule has 1 heterocycles. The van der Waals surface area contributed by atoms with Crippen molar-refractivity contribution in [3.8, 4) is 12.3 Å². The highest BCUT2D eigenvalue weighted by Crippen LogP contribution is 1.99. The summed E-state index contributed by atoms with van der Waals surface area (Å²) in [4.78, 5) is 18.3. The van der Waals surface area contributed by atoms with Crippen molar-refractivity contribution in [2.45, 2.75) is 6.54 Å². The number of terminal acetylenes is 1. The topological polar surface area (TPSA) is 57.8 Å². The molecule has 4 heteroatoms. The summed E-state index contributed by atoms with van der Waals surface area (Å²) in [5.41, 5.74) is 1.41. The lowest BCUT2D eigenvalue weighted by molar-refractivity contribution is 0.0946. The first kappa shape index (κ1) is 11.0. The fourth-order valence-corrected chi connectivity index (χ4v) is 1.38. The Morgan fingerprint density at radius 1 is 1.41 bits per heavy atom. The molecule has 0 radical (unpaired) electrons. The largest absolute Gasteiger partial charge is 0.347 e. The molecule has 2 N–H and O–H groups in total. The summed E-state index contributed by atoms with van der Waals surface area (Å²) in [6.45, 7) is 0.476. The van der Waals surface area contributed by atoms with Crippen LogP contribution >= 0.6 is 0 Å². The van der Waals surface area contributed by atoms with Crippen LogP contribution in [-0.4, -0.2) is 15.9 Å². The van der Waals surface area contributed by atoms with Gasteiger partial charge in [0.1, 0.15) is 5.69 Å². The number of aromatic amines is 1. The summed E-state index contributed by atoms with van der Waals surface area (Å²) >= 11 is 0. The summed E-state index contributed by atoms with van der Waals surface area (Å²) in [5, 5.41) is 2.77. The van der Waals surface area contributed by atoms with Gasteiger partial charge < -0.3 is 10.3 Å². The fraction of sp³-hybridized carbons (Fsp3) is 0.0769. The van der Waals surface area contributed by atoms with Crippen molar-refractivity contribution in [2.75, 3.05) is 0 Å². The van der Waals surface area contributed by atoms with E-state index in [1.807, 2.05) is 30.3 Å². The normalized spacial score (nSPS) is 9.59. The molecule has 1 aromatic heterocycles. The van der Waals surface area contributed by atoms with Gasteiger partial charge in [-0.2, -0.15) is 0 Å². The number of nitrogens with one attached hydrogen (secondary N) is 2. The molecule has 2 aromatic rings. The first-order valence-corrected chi connectivity index (χ1v) is 5.13. The van der Waals surface area contributed by atoms with Crippen molar-refractivity contribution < 1.29 is 4.79 Å². The first-order valence-electron chi connectivity index (χ1n) is 5.13. The minimum absolute atomic E-state index is 0.220. The van der Waals surface area contributed by atoms with Gasteiger partial charge in [-0.3, -0.25) is 4.79 Å². The molecule has 0 aliphatic carbocycles. The number of hydrogen-bond donors (Lipinski definition) is 2. The zero-order valence-electron chi connectivity index (χ0n) is 9.10. The van der Waals surface area contributed by atoms with Gasteiger partial charge in [0.05, 0.1) is 6.20 Å². The third-order valence-electron chi connectivity index (χ3n) is 2.25. The van der Waals surface area contributed by atoms with Gasteiger partial charge >= 0.3 is 0 Å². The third-order valence-corrected chi connectivity index (χ3v) is 2.25. The third kappa shape index (κ3) is 2.73. The molecule has 84 valence electrons. The van der Waals surface area contributed by atoms with Gasteiger partial charge in [0, 0.05) is 6.54 Å². The Labute approximate surface area is 99.1 Å². The highest BCUT2D eigenvalue weighted by molar-refractivity contribution is 5.92. The maximum atomic E-state index is 11.7. The average molecular weight is 225 g/mol. The van der Waals surface area contributed by atoms with E-state index in [2.05, 4.69) is 21.2 Å². The molecule has 0 spiro atoms. The Bertz CT molecular complexity index is 552. The van der Waals surface area contributed by atoms with Crippen molar-refractivity contribution in [1.29, 1.82) is 0 Å². The van der Waals surface area contributed by atoms with Crippen molar-refractivity contribution >= 4 is 5.91 Å². The smallest absolute Gasteiger partial charge is 0.269 e. The van der Waals surface area contributed by atoms with Gasteiger partial charge in [0.15, 0.2) is 5.82 Å². The fourth-order valence-electron chi connectivity index (χ4n) is 1.38. The van der Waals surface area contributed by atoms with Crippen molar-refractivity contribution in [3.63, 3.8) is 0 Å². The number of nitrogens with zero attached hydrogens (tertiary/aromatic N) is 1. The van der Waals surface area contributed by atoms with Crippen LogP contribution in [0.3, 0.4) is 0 Å². The molecule has 1 aromatic carbocycles. The molecule has 0 fully saturated rings. The van der Waals surface area contributed by atoms with Crippen molar-refractivity contribution in [3.05, 3.63) is 53.6 Å². The summed E-state index contributed by atoms with van der Waals surface area (Å²) in [5.74, 6) is 2.47. The van der Waals surface area contributed by atoms with E-state index < -0.39 is 0 Å². The number of carbonyl (C=O) groups excluding carboxylic acids is 1. The zero-order chi connectivity index (χ0) is 12.1. The molecule has 0 saturated carbocycles. The lowest BCUT2D eigenvalue weighted by atomic mass is 10.2. The number of H-pyrrole nitrogens is 1. The molecule has 1 amide bonds. The van der Waals surface area contributed by atoms with E-state index in [1.165, 1.54) is 6.20 Å². The van der Waals surface area contributed by atoms with Crippen LogP contribution in [0.2, 0.25) is 0 Å². The molecule has 0 aliphatic rings. The summed E-state index contributed by atoms with van der Waals surface area (Å²) in [6, 6.07) is 9.67. The minimum atomic E-state index is -0.220. The van der Waals surface area contributed by atoms with Crippen LogP contribution in [0.25, 0.3) is 0 Å². The van der Waals surface area contributed by atoms with Crippen LogP contribution in [0.5, 0.6) is 0 Å². The molecule has 0 aliphatic heterocycles. The van der Waals surface area contributed by atoms with Gasteiger partial charge in [-0.05, 0) is 11.5 Å². The summed E-state index contributed by atoms with van der Waals surface area (Å²) < 4.78 is 0. The van der Waals surface area contributed by atoms with E-state index >= 15 is 0 Å².